The van der Waals surface area contributed by atoms with E-state index in [1.54, 1.807) is 0 Å². The molecular weight excluding hydrogens is 212 g/mol. The second kappa shape index (κ2) is 5.15. The lowest BCUT2D eigenvalue weighted by Gasteiger charge is -2.10. The summed E-state index contributed by atoms with van der Waals surface area (Å²) in [7, 11) is -1.40. The lowest BCUT2D eigenvalue weighted by molar-refractivity contribution is 0.221. The van der Waals surface area contributed by atoms with E-state index >= 15 is 0 Å². The first kappa shape index (κ1) is 12.8. The van der Waals surface area contributed by atoms with Gasteiger partial charge in [0.05, 0.1) is 0 Å². The van der Waals surface area contributed by atoms with Crippen LogP contribution >= 0.6 is 0 Å². The van der Waals surface area contributed by atoms with Crippen LogP contribution in [0.2, 0.25) is 19.6 Å². The predicted octanol–water partition coefficient (Wildman–Crippen LogP) is 3.16. The molecule has 1 aromatic rings. The van der Waals surface area contributed by atoms with Crippen LogP contribution in [0.5, 0.6) is 0 Å². The quantitative estimate of drug-likeness (QED) is 0.611. The minimum absolute atomic E-state index is 0.577. The summed E-state index contributed by atoms with van der Waals surface area (Å²) < 4.78 is 0. The minimum Gasteiger partial charge on any atom is -0.383 e. The molecule has 1 unspecified atom stereocenters. The summed E-state index contributed by atoms with van der Waals surface area (Å²) in [4.78, 5) is 0. The molecule has 1 N–H and O–H groups in total. The van der Waals surface area contributed by atoms with Gasteiger partial charge in [0.1, 0.15) is 14.2 Å². The molecule has 0 amide bonds. The summed E-state index contributed by atoms with van der Waals surface area (Å²) in [5.74, 6) is 2.99. The zero-order valence-corrected chi connectivity index (χ0v) is 11.1. The SMILES string of the molecule is C=C(C#C[Si](C)(C)C)C(O)c1ccccc1. The van der Waals surface area contributed by atoms with Gasteiger partial charge in [-0.05, 0) is 5.56 Å². The van der Waals surface area contributed by atoms with Crippen LogP contribution in [0.4, 0.5) is 0 Å². The van der Waals surface area contributed by atoms with Crippen molar-refractivity contribution < 1.29 is 5.11 Å². The Kier molecular flexibility index (Phi) is 4.11. The van der Waals surface area contributed by atoms with Gasteiger partial charge < -0.3 is 5.11 Å². The zero-order valence-electron chi connectivity index (χ0n) is 10.1. The Morgan fingerprint density at radius 2 is 1.81 bits per heavy atom. The highest BCUT2D eigenvalue weighted by molar-refractivity contribution is 6.83. The topological polar surface area (TPSA) is 20.2 Å². The summed E-state index contributed by atoms with van der Waals surface area (Å²) >= 11 is 0. The molecule has 0 saturated carbocycles. The molecule has 0 saturated heterocycles. The van der Waals surface area contributed by atoms with Crippen molar-refractivity contribution in [2.75, 3.05) is 0 Å². The predicted molar refractivity (Wildman–Crippen MR) is 71.7 cm³/mol. The van der Waals surface area contributed by atoms with Crippen molar-refractivity contribution in [1.82, 2.24) is 0 Å². The van der Waals surface area contributed by atoms with Crippen LogP contribution in [0.25, 0.3) is 0 Å². The summed E-state index contributed by atoms with van der Waals surface area (Å²) in [6.07, 6.45) is -0.676. The highest BCUT2D eigenvalue weighted by atomic mass is 28.3. The first-order valence-electron chi connectivity index (χ1n) is 5.35. The molecule has 0 spiro atoms. The van der Waals surface area contributed by atoms with Crippen LogP contribution in [-0.2, 0) is 0 Å². The highest BCUT2D eigenvalue weighted by Crippen LogP contribution is 2.19. The van der Waals surface area contributed by atoms with Crippen molar-refractivity contribution in [1.29, 1.82) is 0 Å². The number of hydrogen-bond donors (Lipinski definition) is 1. The second-order valence-electron chi connectivity index (χ2n) is 4.84. The molecule has 1 atom stereocenters. The van der Waals surface area contributed by atoms with E-state index in [2.05, 4.69) is 37.7 Å². The summed E-state index contributed by atoms with van der Waals surface area (Å²) in [5.41, 5.74) is 4.62. The van der Waals surface area contributed by atoms with Crippen LogP contribution in [-0.4, -0.2) is 13.2 Å². The van der Waals surface area contributed by atoms with Gasteiger partial charge in [0.25, 0.3) is 0 Å². The average molecular weight is 230 g/mol. The lowest BCUT2D eigenvalue weighted by atomic mass is 10.0. The number of hydrogen-bond acceptors (Lipinski definition) is 1. The summed E-state index contributed by atoms with van der Waals surface area (Å²) in [6.45, 7) is 10.3. The van der Waals surface area contributed by atoms with Crippen molar-refractivity contribution in [2.24, 2.45) is 0 Å². The van der Waals surface area contributed by atoms with Gasteiger partial charge in [-0.15, -0.1) is 5.54 Å². The van der Waals surface area contributed by atoms with E-state index in [0.717, 1.165) is 5.56 Å². The van der Waals surface area contributed by atoms with Crippen molar-refractivity contribution >= 4 is 8.07 Å². The van der Waals surface area contributed by atoms with Crippen molar-refractivity contribution in [3.8, 4) is 11.5 Å². The molecule has 0 aromatic heterocycles. The van der Waals surface area contributed by atoms with E-state index < -0.39 is 14.2 Å². The van der Waals surface area contributed by atoms with Gasteiger partial charge in [-0.1, -0.05) is 62.5 Å². The molecular formula is C14H18OSi. The molecule has 1 nitrogen and oxygen atoms in total. The lowest BCUT2D eigenvalue weighted by Crippen LogP contribution is -2.16. The van der Waals surface area contributed by atoms with Gasteiger partial charge >= 0.3 is 0 Å². The molecule has 0 aliphatic rings. The van der Waals surface area contributed by atoms with Gasteiger partial charge in [0.2, 0.25) is 0 Å². The monoisotopic (exact) mass is 230 g/mol. The summed E-state index contributed by atoms with van der Waals surface area (Å²) in [6, 6.07) is 9.49. The molecule has 0 heterocycles. The molecule has 0 bridgehead atoms. The van der Waals surface area contributed by atoms with Crippen LogP contribution in [0.3, 0.4) is 0 Å². The largest absolute Gasteiger partial charge is 0.383 e. The maximum Gasteiger partial charge on any atom is 0.129 e. The van der Waals surface area contributed by atoms with E-state index in [4.69, 9.17) is 0 Å². The normalized spacial score (nSPS) is 12.5. The fourth-order valence-electron chi connectivity index (χ4n) is 1.17. The molecule has 1 rings (SSSR count). The molecule has 84 valence electrons. The Bertz CT molecular complexity index is 418. The molecule has 0 fully saturated rings. The first-order valence-corrected chi connectivity index (χ1v) is 8.85. The van der Waals surface area contributed by atoms with E-state index in [-0.39, 0.29) is 0 Å². The molecule has 2 heteroatoms. The number of aliphatic hydroxyl groups is 1. The maximum absolute atomic E-state index is 10.00. The Balaban J connectivity index is 2.79. The number of rotatable bonds is 2. The third-order valence-electron chi connectivity index (χ3n) is 2.04. The smallest absolute Gasteiger partial charge is 0.129 e. The number of benzene rings is 1. The van der Waals surface area contributed by atoms with Crippen LogP contribution in [0.15, 0.2) is 42.5 Å². The van der Waals surface area contributed by atoms with Crippen LogP contribution < -0.4 is 0 Å². The summed E-state index contributed by atoms with van der Waals surface area (Å²) in [5, 5.41) is 10.00. The van der Waals surface area contributed by atoms with Crippen molar-refractivity contribution in [3.05, 3.63) is 48.0 Å². The molecule has 0 radical (unpaired) electrons. The second-order valence-corrected chi connectivity index (χ2v) is 9.59. The van der Waals surface area contributed by atoms with Crippen LogP contribution in [0, 0.1) is 11.5 Å². The third kappa shape index (κ3) is 4.06. The Labute approximate surface area is 98.8 Å². The first-order chi connectivity index (χ1) is 7.40. The highest BCUT2D eigenvalue weighted by Gasteiger charge is 2.11. The Morgan fingerprint density at radius 1 is 1.25 bits per heavy atom. The van der Waals surface area contributed by atoms with Crippen molar-refractivity contribution in [3.63, 3.8) is 0 Å². The van der Waals surface area contributed by atoms with E-state index in [1.165, 1.54) is 0 Å². The van der Waals surface area contributed by atoms with Crippen molar-refractivity contribution in [2.45, 2.75) is 25.7 Å². The Hall–Kier alpha value is -1.30. The number of aliphatic hydroxyl groups excluding tert-OH is 1. The molecule has 1 aromatic carbocycles. The standard InChI is InChI=1S/C14H18OSi/c1-12(10-11-16(2,3)4)14(15)13-8-6-5-7-9-13/h5-9,14-15H,1H2,2-4H3. The average Bonchev–Trinajstić information content (AvgIpc) is 2.25. The maximum atomic E-state index is 10.00. The molecule has 0 aliphatic heterocycles. The van der Waals surface area contributed by atoms with E-state index in [0.29, 0.717) is 5.57 Å². The van der Waals surface area contributed by atoms with Gasteiger partial charge in [-0.25, -0.2) is 0 Å². The van der Waals surface area contributed by atoms with Crippen LogP contribution in [0.1, 0.15) is 11.7 Å². The minimum atomic E-state index is -1.40. The van der Waals surface area contributed by atoms with Gasteiger partial charge in [0, 0.05) is 5.57 Å². The van der Waals surface area contributed by atoms with Gasteiger partial charge in [0.15, 0.2) is 0 Å². The fraction of sp³-hybridized carbons (Fsp3) is 0.286. The molecule has 16 heavy (non-hydrogen) atoms. The third-order valence-corrected chi connectivity index (χ3v) is 2.92. The fourth-order valence-corrected chi connectivity index (χ4v) is 1.71. The van der Waals surface area contributed by atoms with Gasteiger partial charge in [-0.3, -0.25) is 0 Å². The molecule has 0 aliphatic carbocycles. The zero-order chi connectivity index (χ0) is 12.2. The van der Waals surface area contributed by atoms with Gasteiger partial charge in [-0.2, -0.15) is 0 Å². The van der Waals surface area contributed by atoms with E-state index in [9.17, 15) is 5.11 Å². The van der Waals surface area contributed by atoms with E-state index in [1.807, 2.05) is 30.3 Å². The Morgan fingerprint density at radius 3 is 2.31 bits per heavy atom.